The predicted octanol–water partition coefficient (Wildman–Crippen LogP) is 4.20. The van der Waals surface area contributed by atoms with Crippen LogP contribution in [0.2, 0.25) is 6.04 Å². The van der Waals surface area contributed by atoms with Gasteiger partial charge < -0.3 is 31.3 Å². The van der Waals surface area contributed by atoms with Gasteiger partial charge in [0.2, 0.25) is 0 Å². The van der Waals surface area contributed by atoms with Gasteiger partial charge in [-0.2, -0.15) is 0 Å². The lowest BCUT2D eigenvalue weighted by Crippen LogP contribution is -2.64. The normalized spacial score (nSPS) is 21.9. The highest BCUT2D eigenvalue weighted by atomic mass is 28.4. The molecule has 7 nitrogen and oxygen atoms in total. The monoisotopic (exact) mass is 440 g/mol. The first-order valence-corrected chi connectivity index (χ1v) is 14.3. The van der Waals surface area contributed by atoms with Crippen LogP contribution < -0.4 is 0 Å². The summed E-state index contributed by atoms with van der Waals surface area (Å²) in [5.41, 5.74) is 0. The van der Waals surface area contributed by atoms with Crippen LogP contribution >= 0.6 is 0 Å². The largest absolute Gasteiger partial charge is 0.679 e. The van der Waals surface area contributed by atoms with Crippen molar-refractivity contribution in [1.29, 1.82) is 0 Å². The van der Waals surface area contributed by atoms with Crippen LogP contribution in [0, 0.1) is 0 Å². The van der Waals surface area contributed by atoms with Crippen molar-refractivity contribution in [2.24, 2.45) is 0 Å². The first-order chi connectivity index (χ1) is 13.4. The maximum Gasteiger partial charge on any atom is 0.679 e. The van der Waals surface area contributed by atoms with E-state index in [-0.39, 0.29) is 5.22 Å². The summed E-state index contributed by atoms with van der Waals surface area (Å²) >= 11 is 0. The van der Waals surface area contributed by atoms with Crippen LogP contribution in [-0.4, -0.2) is 70.6 Å². The maximum atomic E-state index is 5.83. The van der Waals surface area contributed by atoms with Gasteiger partial charge in [0.05, 0.1) is 0 Å². The van der Waals surface area contributed by atoms with Crippen molar-refractivity contribution in [3.05, 3.63) is 0 Å². The van der Waals surface area contributed by atoms with E-state index >= 15 is 0 Å². The van der Waals surface area contributed by atoms with Crippen molar-refractivity contribution in [2.45, 2.75) is 78.0 Å². The molecule has 0 saturated carbocycles. The molecule has 1 aliphatic rings. The van der Waals surface area contributed by atoms with E-state index in [1.165, 1.54) is 12.8 Å². The van der Waals surface area contributed by atoms with E-state index in [1.54, 1.807) is 21.3 Å². The second kappa shape index (κ2) is 15.0. The molecule has 0 aromatic rings. The SMILES string of the molecule is CCCC1(OC)CCCC[Si]1(OC)OC.CCO[Si](OCC)(OCC)OCC. The lowest BCUT2D eigenvalue weighted by atomic mass is 10.1. The molecule has 0 aliphatic carbocycles. The van der Waals surface area contributed by atoms with E-state index < -0.39 is 17.6 Å². The molecule has 0 amide bonds. The van der Waals surface area contributed by atoms with E-state index in [0.717, 1.165) is 25.3 Å². The first-order valence-electron chi connectivity index (χ1n) is 10.7. The number of hydrogen-bond acceptors (Lipinski definition) is 7. The maximum absolute atomic E-state index is 5.83. The average molecular weight is 441 g/mol. The number of ether oxygens (including phenoxy) is 1. The summed E-state index contributed by atoms with van der Waals surface area (Å²) in [6.45, 7) is 12.0. The zero-order valence-electron chi connectivity index (χ0n) is 19.4. The van der Waals surface area contributed by atoms with Crippen molar-refractivity contribution in [3.8, 4) is 0 Å². The van der Waals surface area contributed by atoms with Crippen LogP contribution in [0.5, 0.6) is 0 Å². The Bertz CT molecular complexity index is 350. The van der Waals surface area contributed by atoms with Crippen molar-refractivity contribution in [3.63, 3.8) is 0 Å². The van der Waals surface area contributed by atoms with Gasteiger partial charge in [-0.25, -0.2) is 0 Å². The average Bonchev–Trinajstić information content (AvgIpc) is 2.70. The highest BCUT2D eigenvalue weighted by Gasteiger charge is 2.58. The summed E-state index contributed by atoms with van der Waals surface area (Å²) in [5, 5.41) is -0.122. The molecule has 0 aromatic carbocycles. The van der Waals surface area contributed by atoms with Gasteiger partial charge in [0.15, 0.2) is 0 Å². The topological polar surface area (TPSA) is 64.6 Å². The fourth-order valence-corrected chi connectivity index (χ4v) is 9.79. The molecule has 0 aromatic heterocycles. The Morgan fingerprint density at radius 1 is 0.750 bits per heavy atom. The second-order valence-electron chi connectivity index (χ2n) is 6.55. The van der Waals surface area contributed by atoms with Gasteiger partial charge in [0.25, 0.3) is 0 Å². The zero-order chi connectivity index (χ0) is 21.5. The van der Waals surface area contributed by atoms with Crippen molar-refractivity contribution in [1.82, 2.24) is 0 Å². The fraction of sp³-hybridized carbons (Fsp3) is 1.00. The second-order valence-corrected chi connectivity index (χ2v) is 12.4. The highest BCUT2D eigenvalue weighted by Crippen LogP contribution is 2.42. The van der Waals surface area contributed by atoms with Gasteiger partial charge in [0, 0.05) is 47.8 Å². The Kier molecular flexibility index (Phi) is 15.1. The molecule has 9 heteroatoms. The summed E-state index contributed by atoms with van der Waals surface area (Å²) < 4.78 is 39.1. The molecule has 0 radical (unpaired) electrons. The van der Waals surface area contributed by atoms with Gasteiger partial charge in [-0.1, -0.05) is 26.2 Å². The molecule has 0 bridgehead atoms. The molecule has 1 atom stereocenters. The standard InChI is InChI=1S/C11H24O3Si.C8H20O4Si/c1-5-8-11(12-2)9-6-7-10-15(11,13-3)14-4;1-5-9-13(10-6-2,11-7-3)12-8-4/h5-10H2,1-4H3;5-8H2,1-4H3. The molecule has 0 spiro atoms. The van der Waals surface area contributed by atoms with Crippen LogP contribution in [0.4, 0.5) is 0 Å². The Hall–Kier alpha value is 0.154. The van der Waals surface area contributed by atoms with Gasteiger partial charge in [-0.15, -0.1) is 0 Å². The van der Waals surface area contributed by atoms with Crippen molar-refractivity contribution >= 4 is 17.6 Å². The van der Waals surface area contributed by atoms with Crippen molar-refractivity contribution < 1.29 is 31.3 Å². The zero-order valence-corrected chi connectivity index (χ0v) is 21.4. The van der Waals surface area contributed by atoms with E-state index in [4.69, 9.17) is 31.3 Å². The summed E-state index contributed by atoms with van der Waals surface area (Å²) in [7, 11) is 0.422. The third kappa shape index (κ3) is 7.44. The van der Waals surface area contributed by atoms with E-state index in [2.05, 4.69) is 6.92 Å². The third-order valence-corrected chi connectivity index (χ3v) is 12.0. The van der Waals surface area contributed by atoms with Gasteiger partial charge in [0.1, 0.15) is 5.22 Å². The van der Waals surface area contributed by atoms with Gasteiger partial charge >= 0.3 is 17.6 Å². The van der Waals surface area contributed by atoms with E-state index in [9.17, 15) is 0 Å². The highest BCUT2D eigenvalue weighted by molar-refractivity contribution is 6.70. The van der Waals surface area contributed by atoms with Crippen LogP contribution in [0.1, 0.15) is 66.7 Å². The molecule has 170 valence electrons. The summed E-state index contributed by atoms with van der Waals surface area (Å²) in [6.07, 6.45) is 5.70. The number of methoxy groups -OCH3 is 1. The molecular formula is C19H44O7Si2. The smallest absolute Gasteiger partial charge is 0.396 e. The quantitative estimate of drug-likeness (QED) is 0.398. The number of hydrogen-bond donors (Lipinski definition) is 0. The molecule has 28 heavy (non-hydrogen) atoms. The summed E-state index contributed by atoms with van der Waals surface area (Å²) in [4.78, 5) is 0. The Morgan fingerprint density at radius 2 is 1.21 bits per heavy atom. The lowest BCUT2D eigenvalue weighted by molar-refractivity contribution is -0.0247. The van der Waals surface area contributed by atoms with Crippen LogP contribution in [0.15, 0.2) is 0 Å². The minimum absolute atomic E-state index is 0.122. The Morgan fingerprint density at radius 3 is 1.54 bits per heavy atom. The van der Waals surface area contributed by atoms with Gasteiger partial charge in [-0.3, -0.25) is 0 Å². The molecular weight excluding hydrogens is 396 g/mol. The van der Waals surface area contributed by atoms with E-state index in [1.807, 2.05) is 27.7 Å². The molecule has 1 saturated heterocycles. The fourth-order valence-electron chi connectivity index (χ4n) is 3.88. The minimum atomic E-state index is -2.80. The summed E-state index contributed by atoms with van der Waals surface area (Å²) in [6, 6.07) is 1.06. The molecule has 1 fully saturated rings. The Labute approximate surface area is 175 Å². The van der Waals surface area contributed by atoms with Crippen LogP contribution in [0.3, 0.4) is 0 Å². The molecule has 1 rings (SSSR count). The summed E-state index contributed by atoms with van der Waals surface area (Å²) in [5.74, 6) is 0. The van der Waals surface area contributed by atoms with E-state index in [0.29, 0.717) is 26.4 Å². The molecule has 1 aliphatic heterocycles. The first kappa shape index (κ1) is 28.2. The molecule has 1 unspecified atom stereocenters. The third-order valence-electron chi connectivity index (χ3n) is 5.02. The molecule has 1 heterocycles. The van der Waals surface area contributed by atoms with Crippen LogP contribution in [-0.2, 0) is 31.3 Å². The Balaban J connectivity index is 0.000000528. The van der Waals surface area contributed by atoms with Crippen LogP contribution in [0.25, 0.3) is 0 Å². The lowest BCUT2D eigenvalue weighted by Gasteiger charge is -2.47. The molecule has 0 N–H and O–H groups in total. The van der Waals surface area contributed by atoms with Gasteiger partial charge in [-0.05, 0) is 46.6 Å². The van der Waals surface area contributed by atoms with Crippen molar-refractivity contribution in [2.75, 3.05) is 47.8 Å². The predicted molar refractivity (Wildman–Crippen MR) is 115 cm³/mol. The minimum Gasteiger partial charge on any atom is -0.396 e. The number of rotatable bonds is 13.